The molecule has 0 saturated carbocycles. The van der Waals surface area contributed by atoms with Crippen LogP contribution >= 0.6 is 11.3 Å². The quantitative estimate of drug-likeness (QED) is 0.440. The van der Waals surface area contributed by atoms with Crippen molar-refractivity contribution in [3.63, 3.8) is 0 Å². The van der Waals surface area contributed by atoms with Gasteiger partial charge in [0, 0.05) is 23.8 Å². The first kappa shape index (κ1) is 17.2. The Labute approximate surface area is 141 Å². The summed E-state index contributed by atoms with van der Waals surface area (Å²) in [6.07, 6.45) is 6.37. The molecule has 23 heavy (non-hydrogen) atoms. The number of pyridine rings is 1. The molecule has 0 bridgehead atoms. The van der Waals surface area contributed by atoms with Crippen molar-refractivity contribution in [3.8, 4) is 5.75 Å². The van der Waals surface area contributed by atoms with Crippen LogP contribution in [0.15, 0.2) is 35.7 Å². The molecule has 7 heteroatoms. The maximum Gasteiger partial charge on any atom is 0.191 e. The van der Waals surface area contributed by atoms with Crippen molar-refractivity contribution < 1.29 is 4.74 Å². The van der Waals surface area contributed by atoms with Crippen LogP contribution in [0.2, 0.25) is 0 Å². The van der Waals surface area contributed by atoms with Crippen molar-refractivity contribution in [2.24, 2.45) is 4.99 Å². The van der Waals surface area contributed by atoms with E-state index in [1.807, 2.05) is 25.3 Å². The fraction of sp³-hybridized carbons (Fsp3) is 0.438. The summed E-state index contributed by atoms with van der Waals surface area (Å²) < 4.78 is 5.60. The highest BCUT2D eigenvalue weighted by molar-refractivity contribution is 7.11. The Kier molecular flexibility index (Phi) is 7.32. The van der Waals surface area contributed by atoms with Crippen LogP contribution in [0.3, 0.4) is 0 Å². The Bertz CT molecular complexity index is 600. The van der Waals surface area contributed by atoms with Crippen LogP contribution in [0.4, 0.5) is 0 Å². The number of thiazole rings is 1. The summed E-state index contributed by atoms with van der Waals surface area (Å²) in [5.41, 5.74) is 0. The summed E-state index contributed by atoms with van der Waals surface area (Å²) in [5, 5.41) is 7.51. The minimum atomic E-state index is 0.549. The molecular weight excluding hydrogens is 310 g/mol. The van der Waals surface area contributed by atoms with E-state index in [1.165, 1.54) is 4.88 Å². The largest absolute Gasteiger partial charge is 0.490 e. The number of nitrogens with zero attached hydrogens (tertiary/aromatic N) is 3. The Balaban J connectivity index is 1.77. The Morgan fingerprint density at radius 1 is 1.30 bits per heavy atom. The predicted molar refractivity (Wildman–Crippen MR) is 94.0 cm³/mol. The van der Waals surface area contributed by atoms with Crippen LogP contribution in [0.5, 0.6) is 5.75 Å². The van der Waals surface area contributed by atoms with Gasteiger partial charge in [-0.15, -0.1) is 11.3 Å². The van der Waals surface area contributed by atoms with E-state index in [4.69, 9.17) is 4.74 Å². The number of aliphatic imine (C=N–C) groups is 1. The second-order valence-corrected chi connectivity index (χ2v) is 5.93. The highest BCUT2D eigenvalue weighted by atomic mass is 32.1. The molecule has 0 unspecified atom stereocenters. The zero-order valence-corrected chi connectivity index (χ0v) is 14.4. The highest BCUT2D eigenvalue weighted by Gasteiger charge is 2.01. The minimum Gasteiger partial charge on any atom is -0.490 e. The van der Waals surface area contributed by atoms with Crippen molar-refractivity contribution >= 4 is 17.3 Å². The predicted octanol–water partition coefficient (Wildman–Crippen LogP) is 2.23. The van der Waals surface area contributed by atoms with Crippen molar-refractivity contribution in [2.45, 2.75) is 26.8 Å². The second-order valence-electron chi connectivity index (χ2n) is 4.73. The number of hydrogen-bond acceptors (Lipinski definition) is 5. The first-order valence-corrected chi connectivity index (χ1v) is 8.62. The van der Waals surface area contributed by atoms with Crippen LogP contribution in [-0.2, 0) is 13.0 Å². The molecule has 2 aromatic heterocycles. The first-order valence-electron chi connectivity index (χ1n) is 7.80. The Hall–Kier alpha value is -2.15. The summed E-state index contributed by atoms with van der Waals surface area (Å²) in [6.45, 7) is 6.79. The number of rotatable bonds is 8. The van der Waals surface area contributed by atoms with Crippen LogP contribution in [0.25, 0.3) is 0 Å². The molecule has 0 aromatic carbocycles. The molecule has 0 amide bonds. The highest BCUT2D eigenvalue weighted by Crippen LogP contribution is 2.13. The van der Waals surface area contributed by atoms with Crippen LogP contribution in [-0.4, -0.2) is 35.6 Å². The normalized spacial score (nSPS) is 11.3. The van der Waals surface area contributed by atoms with E-state index in [1.54, 1.807) is 23.7 Å². The van der Waals surface area contributed by atoms with Crippen molar-refractivity contribution in [2.75, 3.05) is 19.7 Å². The molecule has 2 rings (SSSR count). The van der Waals surface area contributed by atoms with E-state index in [9.17, 15) is 0 Å². The third-order valence-electron chi connectivity index (χ3n) is 2.96. The van der Waals surface area contributed by atoms with Gasteiger partial charge in [-0.1, -0.05) is 6.92 Å². The summed E-state index contributed by atoms with van der Waals surface area (Å²) in [7, 11) is 0. The molecule has 6 nitrogen and oxygen atoms in total. The summed E-state index contributed by atoms with van der Waals surface area (Å²) >= 11 is 1.71. The molecule has 2 N–H and O–H groups in total. The SMILES string of the molecule is CCNC(=NCc1ncc(CC)s1)NCCOc1cccnc1. The summed E-state index contributed by atoms with van der Waals surface area (Å²) in [4.78, 5) is 14.2. The van der Waals surface area contributed by atoms with Crippen molar-refractivity contribution in [3.05, 3.63) is 40.6 Å². The van der Waals surface area contributed by atoms with Gasteiger partial charge in [0.05, 0.1) is 19.3 Å². The van der Waals surface area contributed by atoms with Gasteiger partial charge in [-0.3, -0.25) is 4.98 Å². The number of nitrogens with one attached hydrogen (secondary N) is 2. The second kappa shape index (κ2) is 9.78. The van der Waals surface area contributed by atoms with E-state index in [0.717, 1.165) is 29.7 Å². The fourth-order valence-corrected chi connectivity index (χ4v) is 2.63. The minimum absolute atomic E-state index is 0.549. The molecule has 0 aliphatic carbocycles. The lowest BCUT2D eigenvalue weighted by molar-refractivity contribution is 0.320. The Morgan fingerprint density at radius 3 is 2.91 bits per heavy atom. The van der Waals surface area contributed by atoms with Gasteiger partial charge in [-0.05, 0) is 25.5 Å². The number of hydrogen-bond donors (Lipinski definition) is 2. The van der Waals surface area contributed by atoms with Gasteiger partial charge in [-0.25, -0.2) is 9.98 Å². The lowest BCUT2D eigenvalue weighted by atomic mass is 10.4. The standard InChI is InChI=1S/C16H23N5OS/c1-3-14-11-20-15(23-14)12-21-16(18-4-2)19-8-9-22-13-6-5-7-17-10-13/h5-7,10-11H,3-4,8-9,12H2,1-2H3,(H2,18,19,21). The average molecular weight is 333 g/mol. The summed E-state index contributed by atoms with van der Waals surface area (Å²) in [5.74, 6) is 1.54. The molecular formula is C16H23N5OS. The van der Waals surface area contributed by atoms with Crippen LogP contribution in [0, 0.1) is 0 Å². The van der Waals surface area contributed by atoms with Gasteiger partial charge in [0.25, 0.3) is 0 Å². The number of aryl methyl sites for hydroxylation is 1. The number of aromatic nitrogens is 2. The molecule has 0 aliphatic rings. The van der Waals surface area contributed by atoms with Gasteiger partial charge in [0.2, 0.25) is 0 Å². The van der Waals surface area contributed by atoms with E-state index in [2.05, 4.69) is 32.5 Å². The van der Waals surface area contributed by atoms with E-state index in [-0.39, 0.29) is 0 Å². The molecule has 0 radical (unpaired) electrons. The van der Waals surface area contributed by atoms with Gasteiger partial charge >= 0.3 is 0 Å². The molecule has 0 spiro atoms. The van der Waals surface area contributed by atoms with E-state index >= 15 is 0 Å². The molecule has 2 heterocycles. The molecule has 0 atom stereocenters. The smallest absolute Gasteiger partial charge is 0.191 e. The van der Waals surface area contributed by atoms with Crippen LogP contribution in [0.1, 0.15) is 23.7 Å². The Morgan fingerprint density at radius 2 is 2.22 bits per heavy atom. The van der Waals surface area contributed by atoms with Crippen LogP contribution < -0.4 is 15.4 Å². The van der Waals surface area contributed by atoms with Gasteiger partial charge in [0.1, 0.15) is 17.4 Å². The fourth-order valence-electron chi connectivity index (χ4n) is 1.84. The van der Waals surface area contributed by atoms with Gasteiger partial charge < -0.3 is 15.4 Å². The lowest BCUT2D eigenvalue weighted by Gasteiger charge is -2.11. The molecule has 0 aliphatic heterocycles. The van der Waals surface area contributed by atoms with Gasteiger partial charge in [0.15, 0.2) is 5.96 Å². The topological polar surface area (TPSA) is 71.4 Å². The maximum absolute atomic E-state index is 5.60. The zero-order chi connectivity index (χ0) is 16.3. The summed E-state index contributed by atoms with van der Waals surface area (Å²) in [6, 6.07) is 3.74. The molecule has 2 aromatic rings. The van der Waals surface area contributed by atoms with E-state index < -0.39 is 0 Å². The maximum atomic E-state index is 5.60. The monoisotopic (exact) mass is 333 g/mol. The zero-order valence-electron chi connectivity index (χ0n) is 13.6. The third-order valence-corrected chi connectivity index (χ3v) is 4.09. The number of ether oxygens (including phenoxy) is 1. The average Bonchev–Trinajstić information content (AvgIpc) is 3.05. The first-order chi connectivity index (χ1) is 11.3. The van der Waals surface area contributed by atoms with E-state index in [0.29, 0.717) is 19.7 Å². The lowest BCUT2D eigenvalue weighted by Crippen LogP contribution is -2.39. The molecule has 0 fully saturated rings. The van der Waals surface area contributed by atoms with Crippen molar-refractivity contribution in [1.82, 2.24) is 20.6 Å². The molecule has 124 valence electrons. The van der Waals surface area contributed by atoms with Crippen molar-refractivity contribution in [1.29, 1.82) is 0 Å². The third kappa shape index (κ3) is 6.23. The number of guanidine groups is 1. The molecule has 0 saturated heterocycles. The van der Waals surface area contributed by atoms with Gasteiger partial charge in [-0.2, -0.15) is 0 Å².